The van der Waals surface area contributed by atoms with Gasteiger partial charge in [0.2, 0.25) is 5.91 Å². The van der Waals surface area contributed by atoms with Crippen molar-refractivity contribution in [1.82, 2.24) is 16.0 Å². The predicted molar refractivity (Wildman–Crippen MR) is 187 cm³/mol. The molecule has 3 amide bonds. The lowest BCUT2D eigenvalue weighted by atomic mass is 10.1. The Morgan fingerprint density at radius 3 is 1.92 bits per heavy atom. The second kappa shape index (κ2) is 20.0. The average Bonchev–Trinajstić information content (AvgIpc) is 3.06. The zero-order chi connectivity index (χ0) is 34.8. The van der Waals surface area contributed by atoms with Gasteiger partial charge in [0, 0.05) is 18.1 Å². The highest BCUT2D eigenvalue weighted by Crippen LogP contribution is 2.16. The fourth-order valence-corrected chi connectivity index (χ4v) is 5.41. The molecule has 0 heterocycles. The smallest absolute Gasteiger partial charge is 0.408 e. The molecule has 0 spiro atoms. The van der Waals surface area contributed by atoms with Crippen molar-refractivity contribution >= 4 is 35.8 Å². The summed E-state index contributed by atoms with van der Waals surface area (Å²) in [4.78, 5) is 51.7. The highest BCUT2D eigenvalue weighted by molar-refractivity contribution is 7.98. The number of aryl methyl sites for hydroxylation is 1. The van der Waals surface area contributed by atoms with E-state index in [4.69, 9.17) is 14.2 Å². The van der Waals surface area contributed by atoms with Gasteiger partial charge < -0.3 is 30.2 Å². The fourth-order valence-electron chi connectivity index (χ4n) is 4.41. The minimum absolute atomic E-state index is 0.0645. The number of hydrogen-bond acceptors (Lipinski definition) is 8. The summed E-state index contributed by atoms with van der Waals surface area (Å²) in [5, 5.41) is 8.17. The molecule has 0 aliphatic rings. The number of benzene rings is 3. The van der Waals surface area contributed by atoms with Gasteiger partial charge in [-0.15, -0.1) is 0 Å². The number of rotatable bonds is 17. The molecule has 2 atom stereocenters. The maximum absolute atomic E-state index is 13.6. The molecule has 10 nitrogen and oxygen atoms in total. The van der Waals surface area contributed by atoms with Gasteiger partial charge in [0.1, 0.15) is 30.9 Å². The van der Waals surface area contributed by atoms with Gasteiger partial charge in [0.25, 0.3) is 0 Å². The average molecular weight is 678 g/mol. The van der Waals surface area contributed by atoms with Crippen LogP contribution in [-0.4, -0.2) is 54.0 Å². The number of thioether (sulfide) groups is 1. The third kappa shape index (κ3) is 15.4. The molecule has 11 heteroatoms. The number of nitrogens with one attached hydrogen (secondary N) is 3. The van der Waals surface area contributed by atoms with Crippen LogP contribution in [0.1, 0.15) is 62.3 Å². The van der Waals surface area contributed by atoms with E-state index in [2.05, 4.69) is 16.0 Å². The Morgan fingerprint density at radius 2 is 1.31 bits per heavy atom. The summed E-state index contributed by atoms with van der Waals surface area (Å²) >= 11 is 1.50. The lowest BCUT2D eigenvalue weighted by Crippen LogP contribution is -2.53. The zero-order valence-corrected chi connectivity index (χ0v) is 29.0. The van der Waals surface area contributed by atoms with E-state index in [9.17, 15) is 19.2 Å². The highest BCUT2D eigenvalue weighted by Gasteiger charge is 2.29. The number of esters is 1. The van der Waals surface area contributed by atoms with Gasteiger partial charge in [-0.05, 0) is 63.6 Å². The molecule has 3 aromatic carbocycles. The van der Waals surface area contributed by atoms with E-state index < -0.39 is 41.7 Å². The minimum atomic E-state index is -0.989. The first-order chi connectivity index (χ1) is 23.0. The van der Waals surface area contributed by atoms with Gasteiger partial charge in [0.15, 0.2) is 0 Å². The molecule has 258 valence electrons. The van der Waals surface area contributed by atoms with Gasteiger partial charge in [-0.25, -0.2) is 14.4 Å². The van der Waals surface area contributed by atoms with Crippen LogP contribution >= 0.6 is 11.8 Å². The number of ether oxygens (including phenoxy) is 3. The molecule has 48 heavy (non-hydrogen) atoms. The van der Waals surface area contributed by atoms with Gasteiger partial charge in [-0.1, -0.05) is 90.5 Å². The molecule has 0 saturated carbocycles. The zero-order valence-electron chi connectivity index (χ0n) is 28.2. The lowest BCUT2D eigenvalue weighted by Gasteiger charge is -2.25. The molecule has 0 fully saturated rings. The largest absolute Gasteiger partial charge is 0.459 e. The normalized spacial score (nSPS) is 12.2. The van der Waals surface area contributed by atoms with E-state index >= 15 is 0 Å². The van der Waals surface area contributed by atoms with Gasteiger partial charge >= 0.3 is 18.2 Å². The molecule has 3 aromatic rings. The van der Waals surface area contributed by atoms with Crippen LogP contribution in [0.15, 0.2) is 84.9 Å². The fraction of sp³-hybridized carbons (Fsp3) is 0.405. The van der Waals surface area contributed by atoms with Crippen molar-refractivity contribution in [2.24, 2.45) is 0 Å². The molecular formula is C37H47N3O7S. The van der Waals surface area contributed by atoms with E-state index in [0.29, 0.717) is 25.1 Å². The van der Waals surface area contributed by atoms with Crippen molar-refractivity contribution in [3.05, 3.63) is 107 Å². The van der Waals surface area contributed by atoms with Crippen molar-refractivity contribution in [2.45, 2.75) is 83.6 Å². The van der Waals surface area contributed by atoms with Crippen LogP contribution in [0.5, 0.6) is 0 Å². The minimum Gasteiger partial charge on any atom is -0.459 e. The molecule has 0 aromatic heterocycles. The van der Waals surface area contributed by atoms with Crippen molar-refractivity contribution in [2.75, 3.05) is 12.3 Å². The maximum Gasteiger partial charge on any atom is 0.408 e. The monoisotopic (exact) mass is 677 g/mol. The van der Waals surface area contributed by atoms with Gasteiger partial charge in [0.05, 0.1) is 0 Å². The molecular weight excluding hydrogens is 630 g/mol. The van der Waals surface area contributed by atoms with Crippen molar-refractivity contribution in [1.29, 1.82) is 0 Å². The summed E-state index contributed by atoms with van der Waals surface area (Å²) in [6.07, 6.45) is -0.0382. The first-order valence-corrected chi connectivity index (χ1v) is 17.2. The summed E-state index contributed by atoms with van der Waals surface area (Å²) in [6.45, 7) is 7.75. The molecule has 0 aliphatic carbocycles. The lowest BCUT2D eigenvalue weighted by molar-refractivity contribution is -0.148. The van der Waals surface area contributed by atoms with E-state index in [-0.39, 0.29) is 25.4 Å². The van der Waals surface area contributed by atoms with E-state index in [1.54, 1.807) is 20.8 Å². The summed E-state index contributed by atoms with van der Waals surface area (Å²) in [5.74, 6) is -0.202. The molecule has 0 unspecified atom stereocenters. The Bertz CT molecular complexity index is 1430. The van der Waals surface area contributed by atoms with Crippen molar-refractivity contribution in [3.8, 4) is 0 Å². The summed E-state index contributed by atoms with van der Waals surface area (Å²) in [5.41, 5.74) is 3.18. The van der Waals surface area contributed by atoms with Crippen LogP contribution < -0.4 is 16.0 Å². The topological polar surface area (TPSA) is 132 Å². The first kappa shape index (κ1) is 37.9. The van der Waals surface area contributed by atoms with Crippen LogP contribution in [0.25, 0.3) is 0 Å². The summed E-state index contributed by atoms with van der Waals surface area (Å²) in [7, 11) is 0. The highest BCUT2D eigenvalue weighted by atomic mass is 32.2. The Labute approximate surface area is 287 Å². The second-order valence-electron chi connectivity index (χ2n) is 12.3. The van der Waals surface area contributed by atoms with Crippen molar-refractivity contribution < 1.29 is 33.4 Å². The van der Waals surface area contributed by atoms with Crippen LogP contribution in [0.4, 0.5) is 9.59 Å². The Morgan fingerprint density at radius 1 is 0.708 bits per heavy atom. The van der Waals surface area contributed by atoms with Crippen LogP contribution in [0.3, 0.4) is 0 Å². The number of alkyl carbamates (subject to hydrolysis) is 2. The Hall–Kier alpha value is -4.51. The molecule has 0 radical (unpaired) electrons. The maximum atomic E-state index is 13.6. The molecule has 3 rings (SSSR count). The summed E-state index contributed by atoms with van der Waals surface area (Å²) in [6, 6.07) is 24.8. The van der Waals surface area contributed by atoms with Crippen LogP contribution in [0.2, 0.25) is 0 Å². The third-order valence-corrected chi connectivity index (χ3v) is 8.01. The molecule has 0 bridgehead atoms. The number of carbonyl (C=O) groups excluding carboxylic acids is 4. The second-order valence-corrected chi connectivity index (χ2v) is 13.4. The predicted octanol–water partition coefficient (Wildman–Crippen LogP) is 6.45. The first-order valence-electron chi connectivity index (χ1n) is 16.1. The van der Waals surface area contributed by atoms with Crippen LogP contribution in [0, 0.1) is 6.92 Å². The van der Waals surface area contributed by atoms with Crippen LogP contribution in [-0.2, 0) is 42.8 Å². The SMILES string of the molecule is Cc1ccc(CSC[C@H](NC(=O)[C@H](CCCCNC(=O)OCc2ccccc2)NC(=O)OC(C)(C)C)C(=O)OCc2ccccc2)cc1. The molecule has 3 N–H and O–H groups in total. The number of unbranched alkanes of at least 4 members (excludes halogenated alkanes) is 1. The number of hydrogen-bond donors (Lipinski definition) is 3. The number of amides is 3. The molecule has 0 aliphatic heterocycles. The van der Waals surface area contributed by atoms with E-state index in [1.165, 1.54) is 11.8 Å². The Balaban J connectivity index is 1.59. The summed E-state index contributed by atoms with van der Waals surface area (Å²) < 4.78 is 16.2. The molecule has 0 saturated heterocycles. The Kier molecular flexibility index (Phi) is 15.8. The standard InChI is InChI=1S/C37H47N3O7S/c1-27-18-20-30(21-19-27)25-48-26-32(34(42)45-23-28-13-7-5-8-14-28)39-33(41)31(40-36(44)47-37(2,3)4)17-11-12-22-38-35(43)46-24-29-15-9-6-10-16-29/h5-10,13-16,18-21,31-32H,11-12,17,22-26H2,1-4H3,(H,38,43)(H,39,41)(H,40,44)/t31-,32-/m0/s1. The van der Waals surface area contributed by atoms with E-state index in [0.717, 1.165) is 22.3 Å². The van der Waals surface area contributed by atoms with Gasteiger partial charge in [-0.2, -0.15) is 11.8 Å². The van der Waals surface area contributed by atoms with Crippen molar-refractivity contribution in [3.63, 3.8) is 0 Å². The third-order valence-electron chi connectivity index (χ3n) is 6.91. The van der Waals surface area contributed by atoms with Gasteiger partial charge in [-0.3, -0.25) is 4.79 Å². The quantitative estimate of drug-likeness (QED) is 0.0845. The number of carbonyl (C=O) groups is 4. The van der Waals surface area contributed by atoms with E-state index in [1.807, 2.05) is 91.9 Å².